The number of nitrogens with one attached hydrogen (secondary N) is 1. The van der Waals surface area contributed by atoms with Crippen molar-refractivity contribution in [2.24, 2.45) is 0 Å². The van der Waals surface area contributed by atoms with Crippen molar-refractivity contribution in [2.75, 3.05) is 31.6 Å². The average Bonchev–Trinajstić information content (AvgIpc) is 2.71. The van der Waals surface area contributed by atoms with Crippen LogP contribution in [0.4, 0.5) is 5.82 Å². The zero-order chi connectivity index (χ0) is 18.6. The number of ether oxygens (including phenoxy) is 1. The molecule has 6 heteroatoms. The molecule has 1 unspecified atom stereocenters. The van der Waals surface area contributed by atoms with Gasteiger partial charge in [-0.2, -0.15) is 0 Å². The highest BCUT2D eigenvalue weighted by atomic mass is 35.5. The van der Waals surface area contributed by atoms with Crippen LogP contribution in [0.3, 0.4) is 0 Å². The Kier molecular flexibility index (Phi) is 6.73. The zero-order valence-corrected chi connectivity index (χ0v) is 16.8. The highest BCUT2D eigenvalue weighted by Gasteiger charge is 2.19. The normalized spacial score (nSPS) is 14.3. The number of para-hydroxylation sites is 1. The molecule has 28 heavy (non-hydrogen) atoms. The smallest absolute Gasteiger partial charge is 0.133 e. The van der Waals surface area contributed by atoms with Gasteiger partial charge in [-0.3, -0.25) is 0 Å². The number of aliphatic hydroxyl groups is 1. The monoisotopic (exact) mass is 399 g/mol. The van der Waals surface area contributed by atoms with Crippen molar-refractivity contribution in [1.29, 1.82) is 0 Å². The van der Waals surface area contributed by atoms with Crippen molar-refractivity contribution in [1.82, 2.24) is 10.3 Å². The summed E-state index contributed by atoms with van der Waals surface area (Å²) in [7, 11) is 1.82. The molecule has 0 bridgehead atoms. The second-order valence-electron chi connectivity index (χ2n) is 6.96. The summed E-state index contributed by atoms with van der Waals surface area (Å²) < 4.78 is 5.98. The van der Waals surface area contributed by atoms with Gasteiger partial charge in [0.05, 0.1) is 5.52 Å². The van der Waals surface area contributed by atoms with Crippen LogP contribution >= 0.6 is 12.4 Å². The second kappa shape index (κ2) is 9.24. The van der Waals surface area contributed by atoms with Crippen LogP contribution in [0.2, 0.25) is 0 Å². The molecule has 4 rings (SSSR count). The van der Waals surface area contributed by atoms with Gasteiger partial charge < -0.3 is 20.1 Å². The predicted octanol–water partition coefficient (Wildman–Crippen LogP) is 3.18. The Hall–Kier alpha value is -2.34. The lowest BCUT2D eigenvalue weighted by Gasteiger charge is -2.30. The summed E-state index contributed by atoms with van der Waals surface area (Å²) in [6.45, 7) is 2.53. The maximum absolute atomic E-state index is 10.00. The van der Waals surface area contributed by atoms with Crippen LogP contribution in [0.1, 0.15) is 11.1 Å². The number of fused-ring (bicyclic) bond motifs is 2. The summed E-state index contributed by atoms with van der Waals surface area (Å²) in [5, 5.41) is 13.9. The number of halogens is 1. The Bertz CT molecular complexity index is 935. The molecule has 0 spiro atoms. The van der Waals surface area contributed by atoms with Gasteiger partial charge in [0.15, 0.2) is 0 Å². The van der Waals surface area contributed by atoms with Crippen molar-refractivity contribution in [2.45, 2.75) is 19.1 Å². The Labute approximate surface area is 171 Å². The van der Waals surface area contributed by atoms with Crippen LogP contribution in [0.5, 0.6) is 5.75 Å². The molecule has 2 heterocycles. The van der Waals surface area contributed by atoms with Gasteiger partial charge in [-0.1, -0.05) is 36.4 Å². The predicted molar refractivity (Wildman–Crippen MR) is 116 cm³/mol. The van der Waals surface area contributed by atoms with E-state index in [1.165, 1.54) is 11.1 Å². The van der Waals surface area contributed by atoms with Crippen molar-refractivity contribution >= 4 is 29.1 Å². The molecule has 1 aliphatic heterocycles. The molecule has 1 atom stereocenters. The van der Waals surface area contributed by atoms with Gasteiger partial charge in [-0.25, -0.2) is 4.98 Å². The van der Waals surface area contributed by atoms with Gasteiger partial charge >= 0.3 is 0 Å². The third kappa shape index (κ3) is 4.38. The first-order valence-corrected chi connectivity index (χ1v) is 9.41. The van der Waals surface area contributed by atoms with Crippen LogP contribution in [-0.4, -0.2) is 42.9 Å². The van der Waals surface area contributed by atoms with E-state index < -0.39 is 6.10 Å². The molecule has 148 valence electrons. The van der Waals surface area contributed by atoms with Gasteiger partial charge in [0.1, 0.15) is 24.3 Å². The molecule has 3 aromatic rings. The zero-order valence-electron chi connectivity index (χ0n) is 16.0. The minimum absolute atomic E-state index is 0. The molecule has 0 fully saturated rings. The number of rotatable bonds is 6. The largest absolute Gasteiger partial charge is 0.490 e. The lowest BCUT2D eigenvalue weighted by Crippen LogP contribution is -2.31. The van der Waals surface area contributed by atoms with E-state index in [4.69, 9.17) is 9.72 Å². The first-order valence-electron chi connectivity index (χ1n) is 9.41. The number of hydrogen-bond acceptors (Lipinski definition) is 5. The minimum Gasteiger partial charge on any atom is -0.490 e. The summed E-state index contributed by atoms with van der Waals surface area (Å²) in [6, 6.07) is 18.6. The van der Waals surface area contributed by atoms with Crippen molar-refractivity contribution in [3.8, 4) is 5.75 Å². The first kappa shape index (κ1) is 20.4. The summed E-state index contributed by atoms with van der Waals surface area (Å²) in [5.41, 5.74) is 3.68. The molecule has 0 saturated carbocycles. The molecule has 2 aromatic carbocycles. The second-order valence-corrected chi connectivity index (χ2v) is 6.96. The first-order chi connectivity index (χ1) is 13.2. The number of pyridine rings is 1. The average molecular weight is 400 g/mol. The maximum Gasteiger partial charge on any atom is 0.133 e. The van der Waals surface area contributed by atoms with Gasteiger partial charge in [0.2, 0.25) is 0 Å². The maximum atomic E-state index is 10.00. The molecule has 1 aliphatic rings. The van der Waals surface area contributed by atoms with E-state index in [1.807, 2.05) is 37.4 Å². The third-order valence-electron chi connectivity index (χ3n) is 4.99. The molecule has 0 amide bonds. The Morgan fingerprint density at radius 2 is 1.89 bits per heavy atom. The molecular formula is C22H26ClN3O2. The van der Waals surface area contributed by atoms with Gasteiger partial charge in [0, 0.05) is 31.1 Å². The number of nitrogens with zero attached hydrogens (tertiary/aromatic N) is 2. The van der Waals surface area contributed by atoms with Crippen LogP contribution in [0, 0.1) is 0 Å². The SMILES string of the molecule is CNCC(O)COc1cc(N2CCc3ccccc3C2)nc2ccccc12.Cl. The summed E-state index contributed by atoms with van der Waals surface area (Å²) in [6.07, 6.45) is 0.467. The molecular weight excluding hydrogens is 374 g/mol. The molecule has 2 N–H and O–H groups in total. The summed E-state index contributed by atoms with van der Waals surface area (Å²) in [4.78, 5) is 7.16. The van der Waals surface area contributed by atoms with Gasteiger partial charge in [-0.05, 0) is 36.7 Å². The molecule has 0 radical (unpaired) electrons. The van der Waals surface area contributed by atoms with E-state index in [0.29, 0.717) is 6.54 Å². The number of likely N-dealkylation sites (N-methyl/N-ethyl adjacent to an activating group) is 1. The number of hydrogen-bond donors (Lipinski definition) is 2. The number of benzene rings is 2. The highest BCUT2D eigenvalue weighted by molar-refractivity contribution is 5.87. The number of anilines is 1. The summed E-state index contributed by atoms with van der Waals surface area (Å²) >= 11 is 0. The lowest BCUT2D eigenvalue weighted by atomic mass is 10.00. The van der Waals surface area contributed by atoms with Crippen molar-refractivity contribution < 1.29 is 9.84 Å². The topological polar surface area (TPSA) is 57.6 Å². The van der Waals surface area contributed by atoms with Crippen LogP contribution < -0.4 is 15.0 Å². The van der Waals surface area contributed by atoms with E-state index in [1.54, 1.807) is 0 Å². The lowest BCUT2D eigenvalue weighted by molar-refractivity contribution is 0.109. The quantitative estimate of drug-likeness (QED) is 0.666. The van der Waals surface area contributed by atoms with E-state index >= 15 is 0 Å². The Balaban J connectivity index is 0.00000225. The third-order valence-corrected chi connectivity index (χ3v) is 4.99. The molecule has 0 aliphatic carbocycles. The van der Waals surface area contributed by atoms with E-state index in [9.17, 15) is 5.11 Å². The fourth-order valence-corrected chi connectivity index (χ4v) is 3.58. The minimum atomic E-state index is -0.549. The van der Waals surface area contributed by atoms with E-state index in [-0.39, 0.29) is 19.0 Å². The van der Waals surface area contributed by atoms with Crippen LogP contribution in [0.25, 0.3) is 10.9 Å². The van der Waals surface area contributed by atoms with Gasteiger partial charge in [0.25, 0.3) is 0 Å². The number of aliphatic hydroxyl groups excluding tert-OH is 1. The number of aromatic nitrogens is 1. The fraction of sp³-hybridized carbons (Fsp3) is 0.318. The summed E-state index contributed by atoms with van der Waals surface area (Å²) in [5.74, 6) is 1.69. The van der Waals surface area contributed by atoms with E-state index in [2.05, 4.69) is 34.5 Å². The molecule has 5 nitrogen and oxygen atoms in total. The van der Waals surface area contributed by atoms with Gasteiger partial charge in [-0.15, -0.1) is 12.4 Å². The fourth-order valence-electron chi connectivity index (χ4n) is 3.58. The standard InChI is InChI=1S/C22H25N3O2.ClH/c1-23-13-18(26)15-27-21-12-22(24-20-9-5-4-8-19(20)21)25-11-10-16-6-2-3-7-17(16)14-25;/h2-9,12,18,23,26H,10-11,13-15H2,1H3;1H. The Morgan fingerprint density at radius 1 is 1.14 bits per heavy atom. The van der Waals surface area contributed by atoms with Crippen molar-refractivity contribution in [3.63, 3.8) is 0 Å². The molecule has 1 aromatic heterocycles. The van der Waals surface area contributed by atoms with Crippen LogP contribution in [-0.2, 0) is 13.0 Å². The Morgan fingerprint density at radius 3 is 2.71 bits per heavy atom. The van der Waals surface area contributed by atoms with Crippen molar-refractivity contribution in [3.05, 3.63) is 65.7 Å². The van der Waals surface area contributed by atoms with Crippen LogP contribution in [0.15, 0.2) is 54.6 Å². The van der Waals surface area contributed by atoms with E-state index in [0.717, 1.165) is 42.0 Å². The highest BCUT2D eigenvalue weighted by Crippen LogP contribution is 2.31. The molecule has 0 saturated heterocycles.